The minimum absolute atomic E-state index is 0.0780. The number of fused-ring (bicyclic) bond motifs is 2. The summed E-state index contributed by atoms with van der Waals surface area (Å²) in [6.45, 7) is 11.1. The number of carbonyl (C=O) groups is 2. The zero-order valence-electron chi connectivity index (χ0n) is 25.6. The summed E-state index contributed by atoms with van der Waals surface area (Å²) in [5.41, 5.74) is 2.38. The Morgan fingerprint density at radius 3 is 2.64 bits per heavy atom. The number of carbonyl (C=O) groups excluding carboxylic acids is 2. The summed E-state index contributed by atoms with van der Waals surface area (Å²) in [5, 5.41) is 18.8. The van der Waals surface area contributed by atoms with Gasteiger partial charge in [-0.1, -0.05) is 48.5 Å². The molecule has 1 spiro atoms. The first kappa shape index (κ1) is 30.4. The summed E-state index contributed by atoms with van der Waals surface area (Å²) in [5.74, 6) is -0.679. The van der Waals surface area contributed by atoms with Crippen molar-refractivity contribution in [3.63, 3.8) is 0 Å². The van der Waals surface area contributed by atoms with Gasteiger partial charge in [0, 0.05) is 55.0 Å². The molecule has 2 N–H and O–H groups in total. The molecule has 2 saturated heterocycles. The normalized spacial score (nSPS) is 25.7. The Morgan fingerprint density at radius 2 is 1.98 bits per heavy atom. The zero-order chi connectivity index (χ0) is 31.2. The monoisotopic (exact) mass is 615 g/mol. The van der Waals surface area contributed by atoms with Crippen molar-refractivity contribution in [3.05, 3.63) is 84.2 Å². The van der Waals surface area contributed by atoms with Gasteiger partial charge in [-0.3, -0.25) is 14.3 Å². The predicted octanol–water partition coefficient (Wildman–Crippen LogP) is 3.95. The largest absolute Gasteiger partial charge is 0.432 e. The molecular weight excluding hydrogens is 574 g/mol. The summed E-state index contributed by atoms with van der Waals surface area (Å²) in [7, 11) is -2.84. The average molecular weight is 616 g/mol. The first-order chi connectivity index (χ1) is 21.1. The maximum Gasteiger partial charge on any atom is 0.264 e. The van der Waals surface area contributed by atoms with E-state index in [0.29, 0.717) is 38.2 Å². The summed E-state index contributed by atoms with van der Waals surface area (Å²) >= 11 is 0. The maximum absolute atomic E-state index is 14.4. The fourth-order valence-electron chi connectivity index (χ4n) is 7.63. The van der Waals surface area contributed by atoms with Gasteiger partial charge in [0.05, 0.1) is 30.0 Å². The van der Waals surface area contributed by atoms with Crippen LogP contribution in [-0.4, -0.2) is 70.8 Å². The van der Waals surface area contributed by atoms with E-state index < -0.39 is 20.0 Å². The van der Waals surface area contributed by atoms with Crippen molar-refractivity contribution in [2.75, 3.05) is 29.5 Å². The quantitative estimate of drug-likeness (QED) is 0.262. The smallest absolute Gasteiger partial charge is 0.264 e. The minimum Gasteiger partial charge on any atom is -0.432 e. The Morgan fingerprint density at radius 1 is 1.20 bits per heavy atom. The Labute approximate surface area is 259 Å². The molecule has 2 fully saturated rings. The van der Waals surface area contributed by atoms with Crippen LogP contribution < -0.4 is 9.80 Å². The maximum atomic E-state index is 14.4. The van der Waals surface area contributed by atoms with Crippen LogP contribution in [0.15, 0.2) is 67.4 Å². The molecule has 4 heterocycles. The van der Waals surface area contributed by atoms with E-state index in [4.69, 9.17) is 4.74 Å². The van der Waals surface area contributed by atoms with Gasteiger partial charge in [0.1, 0.15) is 0 Å². The number of hydrogen-bond acceptors (Lipinski definition) is 7. The van der Waals surface area contributed by atoms with Crippen LogP contribution >= 0.6 is 0 Å². The highest BCUT2D eigenvalue weighted by Crippen LogP contribution is 2.60. The van der Waals surface area contributed by atoms with Crippen molar-refractivity contribution in [3.8, 4) is 0 Å². The lowest BCUT2D eigenvalue weighted by Crippen LogP contribution is -2.46. The fourth-order valence-corrected chi connectivity index (χ4v) is 10.2. The van der Waals surface area contributed by atoms with Crippen molar-refractivity contribution in [1.29, 1.82) is 0 Å². The van der Waals surface area contributed by atoms with E-state index in [-0.39, 0.29) is 35.8 Å². The molecule has 10 nitrogen and oxygen atoms in total. The first-order valence-electron chi connectivity index (χ1n) is 15.4. The Bertz CT molecular complexity index is 1560. The number of hydrogen-bond donors (Lipinski definition) is 2. The van der Waals surface area contributed by atoms with E-state index in [9.17, 15) is 19.5 Å². The average Bonchev–Trinajstić information content (AvgIpc) is 3.76. The van der Waals surface area contributed by atoms with Crippen LogP contribution in [0.2, 0.25) is 18.6 Å². The van der Waals surface area contributed by atoms with Gasteiger partial charge in [-0.25, -0.2) is 0 Å². The molecule has 3 aromatic rings. The van der Waals surface area contributed by atoms with Crippen LogP contribution in [0.3, 0.4) is 0 Å². The van der Waals surface area contributed by atoms with Gasteiger partial charge in [-0.05, 0) is 49.7 Å². The molecule has 1 unspecified atom stereocenters. The minimum atomic E-state index is -2.84. The first-order valence-corrected chi connectivity index (χ1v) is 18.5. The van der Waals surface area contributed by atoms with E-state index in [0.717, 1.165) is 28.9 Å². The van der Waals surface area contributed by atoms with E-state index in [1.807, 2.05) is 74.7 Å². The molecule has 0 aliphatic carbocycles. The molecule has 6 rings (SSSR count). The van der Waals surface area contributed by atoms with Crippen LogP contribution in [0.4, 0.5) is 11.4 Å². The molecule has 11 heteroatoms. The summed E-state index contributed by atoms with van der Waals surface area (Å²) in [6.07, 6.45) is 4.97. The number of aliphatic hydroxyl groups is 1. The van der Waals surface area contributed by atoms with Crippen LogP contribution in [0.5, 0.6) is 0 Å². The van der Waals surface area contributed by atoms with Crippen LogP contribution in [-0.2, 0) is 26.5 Å². The molecule has 44 heavy (non-hydrogen) atoms. The third kappa shape index (κ3) is 5.01. The highest BCUT2D eigenvalue weighted by Gasteiger charge is 2.66. The van der Waals surface area contributed by atoms with Crippen LogP contribution in [0, 0.1) is 5.92 Å². The van der Waals surface area contributed by atoms with Gasteiger partial charge in [0.25, 0.3) is 5.91 Å². The van der Waals surface area contributed by atoms with E-state index >= 15 is 0 Å². The second-order valence-corrected chi connectivity index (χ2v) is 16.7. The van der Waals surface area contributed by atoms with Crippen molar-refractivity contribution in [1.82, 2.24) is 15.0 Å². The van der Waals surface area contributed by atoms with Crippen LogP contribution in [0.1, 0.15) is 48.9 Å². The molecular formula is C33H41N5O5Si. The Kier molecular flexibility index (Phi) is 8.08. The molecule has 232 valence electrons. The SMILES string of the molecule is C=CCN1C(=O)[C@@]2(O[C@@H](CCn3cc(C(CO)c4ccccc4)nn3)[C@H]([Si](C)(C)O)[C@H]2C)c2cc(N3CCCC3=O)ccc21. The number of nitrogens with zero attached hydrogens (tertiary/aromatic N) is 5. The Hall–Kier alpha value is -3.64. The summed E-state index contributed by atoms with van der Waals surface area (Å²) in [6, 6.07) is 15.5. The summed E-state index contributed by atoms with van der Waals surface area (Å²) < 4.78 is 8.68. The lowest BCUT2D eigenvalue weighted by Gasteiger charge is -2.32. The van der Waals surface area contributed by atoms with Gasteiger partial charge < -0.3 is 24.4 Å². The van der Waals surface area contributed by atoms with E-state index in [2.05, 4.69) is 16.9 Å². The number of ether oxygens (including phenoxy) is 1. The molecule has 2 amide bonds. The molecule has 3 aliphatic heterocycles. The van der Waals surface area contributed by atoms with Gasteiger partial charge in [0.15, 0.2) is 13.9 Å². The van der Waals surface area contributed by atoms with Gasteiger partial charge >= 0.3 is 0 Å². The number of aromatic nitrogens is 3. The number of amides is 2. The van der Waals surface area contributed by atoms with Crippen molar-refractivity contribution < 1.29 is 24.2 Å². The third-order valence-corrected chi connectivity index (χ3v) is 12.1. The highest BCUT2D eigenvalue weighted by molar-refractivity contribution is 6.71. The molecule has 0 saturated carbocycles. The third-order valence-electron chi connectivity index (χ3n) is 9.60. The number of aliphatic hydroxyl groups excluding tert-OH is 1. The van der Waals surface area contributed by atoms with Gasteiger partial charge in [-0.2, -0.15) is 0 Å². The lowest BCUT2D eigenvalue weighted by molar-refractivity contribution is -0.145. The van der Waals surface area contributed by atoms with Crippen molar-refractivity contribution in [2.45, 2.75) is 69.0 Å². The molecule has 1 aromatic heterocycles. The van der Waals surface area contributed by atoms with E-state index in [1.54, 1.807) is 20.6 Å². The number of aryl methyl sites for hydroxylation is 1. The van der Waals surface area contributed by atoms with Gasteiger partial charge in [-0.15, -0.1) is 11.7 Å². The zero-order valence-corrected chi connectivity index (χ0v) is 26.6. The number of benzene rings is 2. The molecule has 0 bridgehead atoms. The fraction of sp³-hybridized carbons (Fsp3) is 0.455. The van der Waals surface area contributed by atoms with Crippen molar-refractivity contribution >= 4 is 31.5 Å². The summed E-state index contributed by atoms with van der Waals surface area (Å²) in [4.78, 5) is 42.1. The standard InChI is InChI=1S/C33H41N5O5Si/c1-5-16-38-28-14-13-24(37-17-9-12-30(37)40)19-26(28)33(32(38)41)22(2)31(44(3,4)42)29(43-33)15-18-36-20-27(34-35-36)25(21-39)23-10-7-6-8-11-23/h5-8,10-11,13-14,19-20,22,25,29,31,39,42H,1,9,12,15-18,21H2,2-4H3/t22-,25?,29+,31-,33+/m1/s1. The molecule has 0 radical (unpaired) electrons. The lowest BCUT2D eigenvalue weighted by atomic mass is 9.82. The second kappa shape index (κ2) is 11.7. The topological polar surface area (TPSA) is 121 Å². The number of rotatable bonds is 10. The molecule has 2 aromatic carbocycles. The van der Waals surface area contributed by atoms with E-state index in [1.165, 1.54) is 0 Å². The van der Waals surface area contributed by atoms with Gasteiger partial charge in [0.2, 0.25) is 5.91 Å². The number of anilines is 2. The second-order valence-electron chi connectivity index (χ2n) is 12.8. The highest BCUT2D eigenvalue weighted by atomic mass is 28.4. The Balaban J connectivity index is 1.32. The molecule has 5 atom stereocenters. The van der Waals surface area contributed by atoms with Crippen molar-refractivity contribution in [2.24, 2.45) is 5.92 Å². The predicted molar refractivity (Wildman–Crippen MR) is 170 cm³/mol. The van der Waals surface area contributed by atoms with Crippen LogP contribution in [0.25, 0.3) is 0 Å². The molecule has 3 aliphatic rings.